The van der Waals surface area contributed by atoms with Gasteiger partial charge in [0.25, 0.3) is 0 Å². The molecule has 0 spiro atoms. The first-order valence-corrected chi connectivity index (χ1v) is 5.58. The van der Waals surface area contributed by atoms with Crippen molar-refractivity contribution in [3.8, 4) is 0 Å². The molecule has 0 aromatic rings. The topological polar surface area (TPSA) is 29.3 Å². The molecule has 0 aliphatic heterocycles. The zero-order chi connectivity index (χ0) is 8.53. The fraction of sp³-hybridized carbons (Fsp3) is 1.00. The third kappa shape index (κ3) is 8.17. The molecule has 0 aliphatic carbocycles. The molecular formula is C8H20N2S. The molecule has 2 N–H and O–H groups in total. The molecule has 0 aromatic heterocycles. The first-order valence-electron chi connectivity index (χ1n) is 4.18. The Kier molecular flexibility index (Phi) is 8.57. The van der Waals surface area contributed by atoms with Gasteiger partial charge in [-0.05, 0) is 39.2 Å². The molecule has 0 saturated heterocycles. The summed E-state index contributed by atoms with van der Waals surface area (Å²) in [6, 6.07) is 0. The smallest absolute Gasteiger partial charge is 0.00692 e. The van der Waals surface area contributed by atoms with Crippen LogP contribution in [0.4, 0.5) is 0 Å². The summed E-state index contributed by atoms with van der Waals surface area (Å²) in [5.74, 6) is 1.24. The first kappa shape index (κ1) is 11.3. The normalized spacial score (nSPS) is 10.9. The van der Waals surface area contributed by atoms with E-state index in [9.17, 15) is 0 Å². The third-order valence-electron chi connectivity index (χ3n) is 1.67. The number of nitrogens with zero attached hydrogens (tertiary/aromatic N) is 1. The molecule has 11 heavy (non-hydrogen) atoms. The van der Waals surface area contributed by atoms with Crippen LogP contribution in [0.2, 0.25) is 0 Å². The van der Waals surface area contributed by atoms with Crippen LogP contribution < -0.4 is 5.73 Å². The van der Waals surface area contributed by atoms with Crippen LogP contribution in [0.3, 0.4) is 0 Å². The fourth-order valence-corrected chi connectivity index (χ4v) is 1.38. The lowest BCUT2D eigenvalue weighted by atomic mass is 10.3. The second-order valence-electron chi connectivity index (χ2n) is 2.79. The van der Waals surface area contributed by atoms with Gasteiger partial charge in [0.1, 0.15) is 0 Å². The van der Waals surface area contributed by atoms with Crippen LogP contribution in [0.5, 0.6) is 0 Å². The summed E-state index contributed by atoms with van der Waals surface area (Å²) >= 11 is 1.90. The number of unbranched alkanes of at least 4 members (excludes halogenated alkanes) is 1. The van der Waals surface area contributed by atoms with Crippen LogP contribution in [0, 0.1) is 0 Å². The maximum Gasteiger partial charge on any atom is 0.00692 e. The van der Waals surface area contributed by atoms with Gasteiger partial charge in [0.2, 0.25) is 0 Å². The van der Waals surface area contributed by atoms with Crippen LogP contribution >= 0.6 is 11.8 Å². The lowest BCUT2D eigenvalue weighted by Crippen LogP contribution is -2.22. The van der Waals surface area contributed by atoms with Gasteiger partial charge in [-0.3, -0.25) is 0 Å². The molecule has 3 heteroatoms. The van der Waals surface area contributed by atoms with E-state index in [-0.39, 0.29) is 0 Å². The quantitative estimate of drug-likeness (QED) is 0.587. The minimum atomic E-state index is 0.830. The van der Waals surface area contributed by atoms with Crippen molar-refractivity contribution in [2.45, 2.75) is 12.8 Å². The minimum Gasteiger partial charge on any atom is -0.330 e. The predicted octanol–water partition coefficient (Wildman–Crippen LogP) is 1.02. The Morgan fingerprint density at radius 1 is 1.27 bits per heavy atom. The Bertz CT molecular complexity index is 78.5. The van der Waals surface area contributed by atoms with E-state index in [0.717, 1.165) is 13.0 Å². The molecule has 0 heterocycles. The Balaban J connectivity index is 3.02. The van der Waals surface area contributed by atoms with Gasteiger partial charge in [-0.15, -0.1) is 0 Å². The van der Waals surface area contributed by atoms with Crippen molar-refractivity contribution in [2.75, 3.05) is 38.7 Å². The Hall–Kier alpha value is 0.270. The highest BCUT2D eigenvalue weighted by Crippen LogP contribution is 1.95. The molecule has 0 unspecified atom stereocenters. The van der Waals surface area contributed by atoms with Gasteiger partial charge in [0, 0.05) is 12.3 Å². The monoisotopic (exact) mass is 176 g/mol. The van der Waals surface area contributed by atoms with Crippen molar-refractivity contribution in [3.05, 3.63) is 0 Å². The van der Waals surface area contributed by atoms with E-state index in [0.29, 0.717) is 0 Å². The molecule has 0 rings (SSSR count). The van der Waals surface area contributed by atoms with E-state index in [1.807, 2.05) is 11.8 Å². The van der Waals surface area contributed by atoms with Crippen LogP contribution in [0.25, 0.3) is 0 Å². The number of hydrogen-bond donors (Lipinski definition) is 1. The summed E-state index contributed by atoms with van der Waals surface area (Å²) in [6.45, 7) is 3.22. The summed E-state index contributed by atoms with van der Waals surface area (Å²) < 4.78 is 0. The summed E-state index contributed by atoms with van der Waals surface area (Å²) in [4.78, 5) is 2.37. The molecular weight excluding hydrogens is 156 g/mol. The van der Waals surface area contributed by atoms with Gasteiger partial charge in [0.05, 0.1) is 0 Å². The summed E-state index contributed by atoms with van der Waals surface area (Å²) in [5, 5.41) is 0. The molecule has 0 aliphatic rings. The zero-order valence-corrected chi connectivity index (χ0v) is 8.49. The number of rotatable bonds is 7. The number of hydrogen-bond acceptors (Lipinski definition) is 3. The van der Waals surface area contributed by atoms with Crippen LogP contribution in [0.15, 0.2) is 0 Å². The van der Waals surface area contributed by atoms with E-state index in [2.05, 4.69) is 18.2 Å². The van der Waals surface area contributed by atoms with E-state index in [1.54, 1.807) is 0 Å². The predicted molar refractivity (Wildman–Crippen MR) is 54.2 cm³/mol. The molecule has 0 amide bonds. The average molecular weight is 176 g/mol. The molecule has 0 atom stereocenters. The molecule has 0 aromatic carbocycles. The largest absolute Gasteiger partial charge is 0.330 e. The van der Waals surface area contributed by atoms with Crippen molar-refractivity contribution < 1.29 is 0 Å². The molecule has 68 valence electrons. The second kappa shape index (κ2) is 8.37. The molecule has 0 fully saturated rings. The van der Waals surface area contributed by atoms with Gasteiger partial charge in [-0.1, -0.05) is 0 Å². The van der Waals surface area contributed by atoms with Gasteiger partial charge < -0.3 is 10.6 Å². The highest BCUT2D eigenvalue weighted by molar-refractivity contribution is 7.98. The maximum atomic E-state index is 5.39. The Morgan fingerprint density at radius 3 is 2.55 bits per heavy atom. The molecule has 2 nitrogen and oxygen atoms in total. The third-order valence-corrected chi connectivity index (χ3v) is 2.26. The average Bonchev–Trinajstić information content (AvgIpc) is 2.01. The summed E-state index contributed by atoms with van der Waals surface area (Å²) in [6.07, 6.45) is 4.54. The van der Waals surface area contributed by atoms with Crippen molar-refractivity contribution in [2.24, 2.45) is 5.73 Å². The SMILES string of the molecule is CSCCN(C)CCCCN. The Labute approximate surface area is 74.5 Å². The van der Waals surface area contributed by atoms with Gasteiger partial charge >= 0.3 is 0 Å². The van der Waals surface area contributed by atoms with Crippen molar-refractivity contribution in [1.82, 2.24) is 4.90 Å². The second-order valence-corrected chi connectivity index (χ2v) is 3.78. The van der Waals surface area contributed by atoms with E-state index >= 15 is 0 Å². The van der Waals surface area contributed by atoms with Crippen LogP contribution in [-0.4, -0.2) is 43.6 Å². The lowest BCUT2D eigenvalue weighted by Gasteiger charge is -2.14. The molecule has 0 radical (unpaired) electrons. The van der Waals surface area contributed by atoms with E-state index < -0.39 is 0 Å². The summed E-state index contributed by atoms with van der Waals surface area (Å²) in [7, 11) is 2.17. The summed E-state index contributed by atoms with van der Waals surface area (Å²) in [5.41, 5.74) is 5.39. The van der Waals surface area contributed by atoms with Crippen molar-refractivity contribution in [3.63, 3.8) is 0 Å². The number of nitrogens with two attached hydrogens (primary N) is 1. The van der Waals surface area contributed by atoms with Crippen LogP contribution in [-0.2, 0) is 0 Å². The maximum absolute atomic E-state index is 5.39. The van der Waals surface area contributed by atoms with Gasteiger partial charge in [-0.25, -0.2) is 0 Å². The number of thioether (sulfide) groups is 1. The zero-order valence-electron chi connectivity index (χ0n) is 7.68. The van der Waals surface area contributed by atoms with Crippen molar-refractivity contribution in [1.29, 1.82) is 0 Å². The van der Waals surface area contributed by atoms with Crippen LogP contribution in [0.1, 0.15) is 12.8 Å². The first-order chi connectivity index (χ1) is 5.31. The fourth-order valence-electron chi connectivity index (χ4n) is 0.885. The van der Waals surface area contributed by atoms with E-state index in [1.165, 1.54) is 25.3 Å². The molecule has 0 bridgehead atoms. The van der Waals surface area contributed by atoms with E-state index in [4.69, 9.17) is 5.73 Å². The lowest BCUT2D eigenvalue weighted by molar-refractivity contribution is 0.347. The minimum absolute atomic E-state index is 0.830. The van der Waals surface area contributed by atoms with Crippen molar-refractivity contribution >= 4 is 11.8 Å². The molecule has 0 saturated carbocycles. The van der Waals surface area contributed by atoms with Gasteiger partial charge in [0.15, 0.2) is 0 Å². The highest BCUT2D eigenvalue weighted by atomic mass is 32.2. The Morgan fingerprint density at radius 2 is 2.00 bits per heavy atom. The van der Waals surface area contributed by atoms with Gasteiger partial charge in [-0.2, -0.15) is 11.8 Å². The standard InChI is InChI=1S/C8H20N2S/c1-10(7-8-11-2)6-4-3-5-9/h3-9H2,1-2H3. The highest BCUT2D eigenvalue weighted by Gasteiger charge is 1.95.